The Kier molecular flexibility index (Phi) is 8.43. The zero-order chi connectivity index (χ0) is 30.1. The first kappa shape index (κ1) is 30.0. The number of aromatic nitrogens is 2. The van der Waals surface area contributed by atoms with Crippen LogP contribution in [-0.4, -0.2) is 58.6 Å². The zero-order valence-electron chi connectivity index (χ0n) is 22.8. The van der Waals surface area contributed by atoms with E-state index in [0.717, 1.165) is 4.68 Å². The van der Waals surface area contributed by atoms with Crippen LogP contribution in [0.4, 0.5) is 18.9 Å². The molecule has 0 unspecified atom stereocenters. The van der Waals surface area contributed by atoms with Gasteiger partial charge in [0.1, 0.15) is 12.6 Å². The van der Waals surface area contributed by atoms with Crippen LogP contribution in [0.25, 0.3) is 5.69 Å². The Morgan fingerprint density at radius 2 is 1.83 bits per heavy atom. The molecule has 14 heteroatoms. The van der Waals surface area contributed by atoms with Gasteiger partial charge in [0, 0.05) is 18.2 Å². The van der Waals surface area contributed by atoms with Gasteiger partial charge >= 0.3 is 12.1 Å². The fourth-order valence-corrected chi connectivity index (χ4v) is 5.37. The molecule has 0 atom stereocenters. The number of hydrogen-bond donors (Lipinski definition) is 4. The van der Waals surface area contributed by atoms with Crippen LogP contribution in [0.1, 0.15) is 78.1 Å². The number of hydrogen-bond acceptors (Lipinski definition) is 8. The molecule has 0 aliphatic heterocycles. The number of anilines is 1. The van der Waals surface area contributed by atoms with Crippen LogP contribution in [0.2, 0.25) is 0 Å². The van der Waals surface area contributed by atoms with Crippen molar-refractivity contribution in [1.29, 1.82) is 0 Å². The van der Waals surface area contributed by atoms with Gasteiger partial charge in [-0.15, -0.1) is 0 Å². The van der Waals surface area contributed by atoms with Crippen LogP contribution in [0.3, 0.4) is 0 Å². The van der Waals surface area contributed by atoms with E-state index in [4.69, 9.17) is 16.2 Å². The molecule has 1 heterocycles. The largest absolute Gasteiger partial charge is 0.461 e. The number of carbonyl (C=O) groups is 4. The fourth-order valence-electron chi connectivity index (χ4n) is 5.37. The van der Waals surface area contributed by atoms with Crippen molar-refractivity contribution in [2.24, 2.45) is 16.9 Å². The van der Waals surface area contributed by atoms with Crippen molar-refractivity contribution in [2.45, 2.75) is 70.7 Å². The molecule has 222 valence electrons. The topological polar surface area (TPSA) is 171 Å². The Balaban J connectivity index is 1.55. The van der Waals surface area contributed by atoms with Gasteiger partial charge in [0.25, 0.3) is 5.91 Å². The van der Waals surface area contributed by atoms with Crippen LogP contribution in [0.15, 0.2) is 18.2 Å². The summed E-state index contributed by atoms with van der Waals surface area (Å²) in [5.74, 6) is -2.38. The zero-order valence-corrected chi connectivity index (χ0v) is 22.8. The average molecular weight is 579 g/mol. The number of ketones is 1. The standard InChI is InChI=1S/C27H33F3N6O5/c1-26(2)10-19-23(20(37)11-26)24(27(28,29)30)35-36(19)15-5-8-17(25(32)40)18(9-15)34-14-3-6-16(7-4-14)41-22(39)13-33-21(38)12-31/h5,8-9,14,16,34H,3-4,6-7,10-13,31H2,1-2H3,(H2,32,40)(H,33,38). The molecule has 0 spiro atoms. The average Bonchev–Trinajstić information content (AvgIpc) is 3.27. The molecule has 1 fully saturated rings. The molecule has 4 rings (SSSR count). The highest BCUT2D eigenvalue weighted by molar-refractivity contribution is 6.00. The quantitative estimate of drug-likeness (QED) is 0.346. The molecule has 1 aromatic heterocycles. The third kappa shape index (κ3) is 6.87. The Morgan fingerprint density at radius 3 is 2.44 bits per heavy atom. The smallest absolute Gasteiger partial charge is 0.435 e. The Bertz CT molecular complexity index is 1360. The number of rotatable bonds is 8. The van der Waals surface area contributed by atoms with Gasteiger partial charge in [0.15, 0.2) is 11.5 Å². The molecular formula is C27H33F3N6O5. The van der Waals surface area contributed by atoms with Crippen molar-refractivity contribution >= 4 is 29.3 Å². The number of fused-ring (bicyclic) bond motifs is 1. The molecule has 0 saturated heterocycles. The van der Waals surface area contributed by atoms with Gasteiger partial charge in [-0.1, -0.05) is 13.8 Å². The normalized spacial score (nSPS) is 20.2. The maximum absolute atomic E-state index is 13.9. The number of esters is 1. The van der Waals surface area contributed by atoms with Crippen molar-refractivity contribution in [1.82, 2.24) is 15.1 Å². The second-order valence-corrected chi connectivity index (χ2v) is 11.2. The van der Waals surface area contributed by atoms with Crippen LogP contribution in [0.5, 0.6) is 0 Å². The number of carbonyl (C=O) groups excluding carboxylic acids is 4. The highest BCUT2D eigenvalue weighted by Gasteiger charge is 2.45. The van der Waals surface area contributed by atoms with Gasteiger partial charge in [-0.05, 0) is 55.7 Å². The predicted octanol–water partition coefficient (Wildman–Crippen LogP) is 2.49. The molecule has 0 bridgehead atoms. The van der Waals surface area contributed by atoms with E-state index in [-0.39, 0.29) is 55.0 Å². The van der Waals surface area contributed by atoms with Crippen LogP contribution in [0, 0.1) is 5.41 Å². The number of primary amides is 1. The minimum absolute atomic E-state index is 0.0253. The summed E-state index contributed by atoms with van der Waals surface area (Å²) in [5.41, 5.74) is 9.45. The van der Waals surface area contributed by atoms with E-state index in [1.165, 1.54) is 18.2 Å². The Hall–Kier alpha value is -3.94. The SMILES string of the molecule is CC1(C)CC(=O)c2c(C(F)(F)F)nn(-c3ccc(C(N)=O)c(NC4CCC(OC(=O)CNC(=O)CN)CC4)c3)c2C1. The number of alkyl halides is 3. The molecule has 41 heavy (non-hydrogen) atoms. The van der Waals surface area contributed by atoms with E-state index in [0.29, 0.717) is 31.4 Å². The first-order valence-corrected chi connectivity index (χ1v) is 13.3. The summed E-state index contributed by atoms with van der Waals surface area (Å²) in [6, 6.07) is 4.23. The van der Waals surface area contributed by atoms with Crippen molar-refractivity contribution in [2.75, 3.05) is 18.4 Å². The minimum atomic E-state index is -4.82. The molecule has 1 saturated carbocycles. The Morgan fingerprint density at radius 1 is 1.15 bits per heavy atom. The van der Waals surface area contributed by atoms with Crippen LogP contribution >= 0.6 is 0 Å². The predicted molar refractivity (Wildman–Crippen MR) is 141 cm³/mol. The number of ether oxygens (including phenoxy) is 1. The van der Waals surface area contributed by atoms with Crippen LogP contribution < -0.4 is 22.1 Å². The summed E-state index contributed by atoms with van der Waals surface area (Å²) < 4.78 is 48.2. The molecule has 11 nitrogen and oxygen atoms in total. The molecule has 2 aliphatic carbocycles. The van der Waals surface area contributed by atoms with Crippen molar-refractivity contribution < 1.29 is 37.1 Å². The highest BCUT2D eigenvalue weighted by Crippen LogP contribution is 2.42. The van der Waals surface area contributed by atoms with Gasteiger partial charge in [-0.3, -0.25) is 19.2 Å². The maximum atomic E-state index is 13.9. The summed E-state index contributed by atoms with van der Waals surface area (Å²) in [6.45, 7) is 3.11. The van der Waals surface area contributed by atoms with Gasteiger partial charge in [-0.25, -0.2) is 4.68 Å². The maximum Gasteiger partial charge on any atom is 0.435 e. The molecule has 1 aromatic carbocycles. The second-order valence-electron chi connectivity index (χ2n) is 11.2. The van der Waals surface area contributed by atoms with E-state index in [1.807, 2.05) is 13.8 Å². The van der Waals surface area contributed by atoms with Crippen molar-refractivity contribution in [3.63, 3.8) is 0 Å². The molecule has 2 aromatic rings. The highest BCUT2D eigenvalue weighted by atomic mass is 19.4. The molecule has 0 radical (unpaired) electrons. The summed E-state index contributed by atoms with van der Waals surface area (Å²) in [7, 11) is 0. The number of nitrogens with zero attached hydrogens (tertiary/aromatic N) is 2. The summed E-state index contributed by atoms with van der Waals surface area (Å²) in [4.78, 5) is 48.2. The summed E-state index contributed by atoms with van der Waals surface area (Å²) in [6.07, 6.45) is -2.84. The van der Waals surface area contributed by atoms with E-state index in [9.17, 15) is 32.3 Å². The van der Waals surface area contributed by atoms with Crippen molar-refractivity contribution in [3.05, 3.63) is 40.7 Å². The Labute approximate surface area is 234 Å². The van der Waals surface area contributed by atoms with E-state index >= 15 is 0 Å². The monoisotopic (exact) mass is 578 g/mol. The molecular weight excluding hydrogens is 545 g/mol. The lowest BCUT2D eigenvalue weighted by Crippen LogP contribution is -2.37. The van der Waals surface area contributed by atoms with Gasteiger partial charge in [0.05, 0.1) is 29.1 Å². The first-order chi connectivity index (χ1) is 19.2. The number of halogens is 3. The number of Topliss-reactive ketones (excluding diaryl/α,β-unsaturated/α-hetero) is 1. The van der Waals surface area contributed by atoms with Crippen LogP contribution in [-0.2, 0) is 26.9 Å². The summed E-state index contributed by atoms with van der Waals surface area (Å²) >= 11 is 0. The number of nitrogens with two attached hydrogens (primary N) is 2. The van der Waals surface area contributed by atoms with Gasteiger partial charge < -0.3 is 26.8 Å². The van der Waals surface area contributed by atoms with E-state index in [1.54, 1.807) is 0 Å². The molecule has 2 aliphatic rings. The lowest BCUT2D eigenvalue weighted by atomic mass is 9.75. The third-order valence-electron chi connectivity index (χ3n) is 7.27. The molecule has 6 N–H and O–H groups in total. The third-order valence-corrected chi connectivity index (χ3v) is 7.27. The van der Waals surface area contributed by atoms with E-state index in [2.05, 4.69) is 15.7 Å². The number of nitrogens with one attached hydrogen (secondary N) is 2. The number of benzene rings is 1. The lowest BCUT2D eigenvalue weighted by molar-refractivity contribution is -0.150. The second kappa shape index (κ2) is 11.5. The summed E-state index contributed by atoms with van der Waals surface area (Å²) in [5, 5.41) is 9.44. The number of amides is 2. The lowest BCUT2D eigenvalue weighted by Gasteiger charge is -2.30. The first-order valence-electron chi connectivity index (χ1n) is 13.3. The minimum Gasteiger partial charge on any atom is -0.461 e. The fraction of sp³-hybridized carbons (Fsp3) is 0.519. The van der Waals surface area contributed by atoms with E-state index < -0.39 is 46.4 Å². The van der Waals surface area contributed by atoms with Gasteiger partial charge in [0.2, 0.25) is 5.91 Å². The molecule has 2 amide bonds. The van der Waals surface area contributed by atoms with Gasteiger partial charge in [-0.2, -0.15) is 18.3 Å². The van der Waals surface area contributed by atoms with Crippen molar-refractivity contribution in [3.8, 4) is 5.69 Å².